The lowest BCUT2D eigenvalue weighted by Crippen LogP contribution is -2.27. The van der Waals surface area contributed by atoms with Gasteiger partial charge in [-0.2, -0.15) is 0 Å². The normalized spacial score (nSPS) is 14.6. The zero-order valence-electron chi connectivity index (χ0n) is 10.9. The highest BCUT2D eigenvalue weighted by atomic mass is 35.5. The highest BCUT2D eigenvalue weighted by Gasteiger charge is 2.31. The highest BCUT2D eigenvalue weighted by molar-refractivity contribution is 8.01. The van der Waals surface area contributed by atoms with Crippen molar-refractivity contribution in [3.63, 3.8) is 0 Å². The Morgan fingerprint density at radius 3 is 2.79 bits per heavy atom. The van der Waals surface area contributed by atoms with Crippen LogP contribution in [0.5, 0.6) is 0 Å². The first-order valence-electron chi connectivity index (χ1n) is 6.09. The summed E-state index contributed by atoms with van der Waals surface area (Å²) in [5, 5.41) is 1.15. The van der Waals surface area contributed by atoms with Gasteiger partial charge in [-0.25, -0.2) is 4.98 Å². The molecular formula is C14H16Cl2N2S. The van der Waals surface area contributed by atoms with Gasteiger partial charge in [0.15, 0.2) is 4.33 Å². The molecule has 1 atom stereocenters. The fourth-order valence-corrected chi connectivity index (χ4v) is 4.11. The van der Waals surface area contributed by atoms with Crippen LogP contribution in [-0.4, -0.2) is 14.8 Å². The molecule has 5 heteroatoms. The lowest BCUT2D eigenvalue weighted by atomic mass is 10.1. The van der Waals surface area contributed by atoms with E-state index in [1.165, 1.54) is 0 Å². The van der Waals surface area contributed by atoms with Gasteiger partial charge < -0.3 is 4.57 Å². The molecule has 102 valence electrons. The van der Waals surface area contributed by atoms with E-state index in [9.17, 15) is 0 Å². The number of halogens is 2. The number of nitrogens with zero attached hydrogens (tertiary/aromatic N) is 2. The Hall–Kier alpha value is -0.640. The molecule has 2 nitrogen and oxygen atoms in total. The Kier molecular flexibility index (Phi) is 4.82. The summed E-state index contributed by atoms with van der Waals surface area (Å²) in [6, 6.07) is 7.81. The molecule has 1 heterocycles. The van der Waals surface area contributed by atoms with Gasteiger partial charge in [0.1, 0.15) is 0 Å². The molecule has 0 fully saturated rings. The molecule has 0 aliphatic rings. The minimum Gasteiger partial charge on any atom is -0.309 e. The van der Waals surface area contributed by atoms with E-state index >= 15 is 0 Å². The van der Waals surface area contributed by atoms with E-state index in [1.54, 1.807) is 24.3 Å². The Morgan fingerprint density at radius 2 is 2.21 bits per heavy atom. The molecule has 0 radical (unpaired) electrons. The summed E-state index contributed by atoms with van der Waals surface area (Å²) in [5.74, 6) is 0. The van der Waals surface area contributed by atoms with Crippen LogP contribution in [0.4, 0.5) is 0 Å². The van der Waals surface area contributed by atoms with Crippen LogP contribution in [0, 0.1) is 0 Å². The van der Waals surface area contributed by atoms with Crippen molar-refractivity contribution >= 4 is 35.0 Å². The number of rotatable bonds is 5. The van der Waals surface area contributed by atoms with Crippen LogP contribution in [0.15, 0.2) is 43.0 Å². The Balaban J connectivity index is 2.28. The molecule has 0 amide bonds. The minimum atomic E-state index is -0.574. The summed E-state index contributed by atoms with van der Waals surface area (Å²) in [7, 11) is 0. The fourth-order valence-electron chi connectivity index (χ4n) is 1.91. The van der Waals surface area contributed by atoms with Gasteiger partial charge in [-0.3, -0.25) is 0 Å². The third-order valence-corrected chi connectivity index (χ3v) is 4.64. The quantitative estimate of drug-likeness (QED) is 0.740. The molecule has 0 bridgehead atoms. The van der Waals surface area contributed by atoms with Crippen LogP contribution in [0.1, 0.15) is 19.4 Å². The number of alkyl halides is 1. The predicted molar refractivity (Wildman–Crippen MR) is 83.9 cm³/mol. The molecule has 2 aromatic rings. The van der Waals surface area contributed by atoms with Crippen molar-refractivity contribution in [2.24, 2.45) is 0 Å². The van der Waals surface area contributed by atoms with E-state index in [2.05, 4.69) is 18.8 Å². The second-order valence-corrected chi connectivity index (χ2v) is 7.77. The maximum Gasteiger partial charge on any atom is 0.170 e. The van der Waals surface area contributed by atoms with Gasteiger partial charge in [-0.05, 0) is 17.7 Å². The van der Waals surface area contributed by atoms with Gasteiger partial charge in [0.2, 0.25) is 0 Å². The van der Waals surface area contributed by atoms with E-state index in [-0.39, 0.29) is 0 Å². The van der Waals surface area contributed by atoms with Crippen LogP contribution in [0.3, 0.4) is 0 Å². The van der Waals surface area contributed by atoms with Crippen molar-refractivity contribution < 1.29 is 0 Å². The van der Waals surface area contributed by atoms with Gasteiger partial charge in [0, 0.05) is 29.1 Å². The van der Waals surface area contributed by atoms with Crippen LogP contribution in [0.25, 0.3) is 0 Å². The minimum absolute atomic E-state index is 0.416. The number of benzene rings is 1. The zero-order chi connectivity index (χ0) is 13.9. The molecule has 1 aromatic heterocycles. The van der Waals surface area contributed by atoms with Crippen LogP contribution >= 0.6 is 35.0 Å². The molecule has 0 aliphatic carbocycles. The van der Waals surface area contributed by atoms with Crippen LogP contribution in [-0.2, 0) is 10.8 Å². The smallest absolute Gasteiger partial charge is 0.170 e. The topological polar surface area (TPSA) is 17.8 Å². The number of thioether (sulfide) groups is 1. The molecule has 1 aromatic carbocycles. The zero-order valence-corrected chi connectivity index (χ0v) is 13.2. The van der Waals surface area contributed by atoms with E-state index in [1.807, 2.05) is 35.0 Å². The van der Waals surface area contributed by atoms with E-state index < -0.39 is 4.33 Å². The summed E-state index contributed by atoms with van der Waals surface area (Å²) in [6.07, 6.45) is 6.09. The maximum absolute atomic E-state index is 6.83. The monoisotopic (exact) mass is 314 g/mol. The van der Waals surface area contributed by atoms with Crippen molar-refractivity contribution in [1.82, 2.24) is 9.55 Å². The number of hydrogen-bond acceptors (Lipinski definition) is 2. The molecule has 19 heavy (non-hydrogen) atoms. The van der Waals surface area contributed by atoms with E-state index in [0.717, 1.165) is 10.6 Å². The summed E-state index contributed by atoms with van der Waals surface area (Å²) in [5.41, 5.74) is 1.12. The van der Waals surface area contributed by atoms with Crippen molar-refractivity contribution in [3.8, 4) is 0 Å². The fraction of sp³-hybridized carbons (Fsp3) is 0.357. The first-order chi connectivity index (χ1) is 8.99. The highest BCUT2D eigenvalue weighted by Crippen LogP contribution is 2.41. The third kappa shape index (κ3) is 3.91. The second-order valence-electron chi connectivity index (χ2n) is 4.63. The SMILES string of the molecule is CC(C)SC(Cl)(Cc1cccc(Cl)c1)n1ccnc1. The average Bonchev–Trinajstić information content (AvgIpc) is 2.81. The summed E-state index contributed by atoms with van der Waals surface area (Å²) < 4.78 is 1.37. The van der Waals surface area contributed by atoms with Gasteiger partial charge in [0.25, 0.3) is 0 Å². The lowest BCUT2D eigenvalue weighted by molar-refractivity contribution is 0.602. The largest absolute Gasteiger partial charge is 0.309 e. The maximum atomic E-state index is 6.83. The van der Waals surface area contributed by atoms with Crippen LogP contribution in [0.2, 0.25) is 5.02 Å². The third-order valence-electron chi connectivity index (χ3n) is 2.62. The van der Waals surface area contributed by atoms with Gasteiger partial charge >= 0.3 is 0 Å². The molecule has 0 N–H and O–H groups in total. The van der Waals surface area contributed by atoms with E-state index in [4.69, 9.17) is 23.2 Å². The predicted octanol–water partition coefficient (Wildman–Crippen LogP) is 4.77. The van der Waals surface area contributed by atoms with Crippen molar-refractivity contribution in [3.05, 3.63) is 53.6 Å². The molecule has 1 unspecified atom stereocenters. The Labute approximate surface area is 128 Å². The molecule has 0 spiro atoms. The lowest BCUT2D eigenvalue weighted by Gasteiger charge is -2.30. The number of imidazole rings is 1. The summed E-state index contributed by atoms with van der Waals surface area (Å²) >= 11 is 14.6. The second kappa shape index (κ2) is 6.21. The average molecular weight is 315 g/mol. The first-order valence-corrected chi connectivity index (χ1v) is 7.73. The summed E-state index contributed by atoms with van der Waals surface area (Å²) in [6.45, 7) is 4.27. The number of hydrogen-bond donors (Lipinski definition) is 0. The van der Waals surface area contributed by atoms with Crippen molar-refractivity contribution in [1.29, 1.82) is 0 Å². The van der Waals surface area contributed by atoms with E-state index in [0.29, 0.717) is 11.7 Å². The Bertz CT molecular complexity index is 528. The number of aromatic nitrogens is 2. The molecular weight excluding hydrogens is 299 g/mol. The standard InChI is InChI=1S/C14H16Cl2N2S/c1-11(2)19-14(16,18-7-6-17-10-18)9-12-4-3-5-13(15)8-12/h3-8,10-11H,9H2,1-2H3. The van der Waals surface area contributed by atoms with Gasteiger partial charge in [0.05, 0.1) is 6.33 Å². The molecule has 0 saturated carbocycles. The summed E-state index contributed by atoms with van der Waals surface area (Å²) in [4.78, 5) is 4.09. The Morgan fingerprint density at radius 1 is 1.42 bits per heavy atom. The van der Waals surface area contributed by atoms with Gasteiger partial charge in [-0.15, -0.1) is 11.8 Å². The first kappa shape index (κ1) is 14.8. The van der Waals surface area contributed by atoms with Crippen molar-refractivity contribution in [2.75, 3.05) is 0 Å². The molecule has 0 aliphatic heterocycles. The van der Waals surface area contributed by atoms with Gasteiger partial charge in [-0.1, -0.05) is 49.2 Å². The molecule has 2 rings (SSSR count). The van der Waals surface area contributed by atoms with Crippen LogP contribution < -0.4 is 0 Å². The molecule has 0 saturated heterocycles. The van der Waals surface area contributed by atoms with Crippen molar-refractivity contribution in [2.45, 2.75) is 29.8 Å².